The van der Waals surface area contributed by atoms with Gasteiger partial charge in [0.25, 0.3) is 0 Å². The fourth-order valence-electron chi connectivity index (χ4n) is 5.49. The van der Waals surface area contributed by atoms with Crippen molar-refractivity contribution in [2.24, 2.45) is 0 Å². The minimum atomic E-state index is -0.327. The van der Waals surface area contributed by atoms with Gasteiger partial charge in [0.2, 0.25) is 0 Å². The highest BCUT2D eigenvalue weighted by Gasteiger charge is 2.25. The second kappa shape index (κ2) is 12.0. The molecule has 2 N–H and O–H groups in total. The average molecular weight is 575 g/mol. The van der Waals surface area contributed by atoms with Crippen LogP contribution in [0.5, 0.6) is 0 Å². The van der Waals surface area contributed by atoms with Crippen molar-refractivity contribution in [2.45, 2.75) is 39.7 Å². The maximum absolute atomic E-state index is 13.5. The summed E-state index contributed by atoms with van der Waals surface area (Å²) in [5.41, 5.74) is 6.66. The lowest BCUT2D eigenvalue weighted by Crippen LogP contribution is -2.35. The van der Waals surface area contributed by atoms with Crippen molar-refractivity contribution in [2.75, 3.05) is 36.9 Å². The number of urea groups is 1. The van der Waals surface area contributed by atoms with Crippen molar-refractivity contribution >= 4 is 28.3 Å². The normalized spacial score (nSPS) is 14.1. The predicted molar refractivity (Wildman–Crippen MR) is 173 cm³/mol. The van der Waals surface area contributed by atoms with Crippen molar-refractivity contribution in [1.82, 2.24) is 19.7 Å². The lowest BCUT2D eigenvalue weighted by Gasteiger charge is -2.26. The van der Waals surface area contributed by atoms with Gasteiger partial charge < -0.3 is 10.1 Å². The molecule has 43 heavy (non-hydrogen) atoms. The average Bonchev–Trinajstić information content (AvgIpc) is 3.43. The first-order valence-electron chi connectivity index (χ1n) is 14.8. The van der Waals surface area contributed by atoms with Gasteiger partial charge in [-0.2, -0.15) is 5.10 Å². The summed E-state index contributed by atoms with van der Waals surface area (Å²) in [5.74, 6) is 0.651. The van der Waals surface area contributed by atoms with Crippen LogP contribution in [0.3, 0.4) is 0 Å². The topological polar surface area (TPSA) is 84.3 Å². The minimum Gasteiger partial charge on any atom is -0.379 e. The molecule has 0 spiro atoms. The van der Waals surface area contributed by atoms with E-state index in [0.717, 1.165) is 82.9 Å². The van der Waals surface area contributed by atoms with Crippen LogP contribution in [-0.2, 0) is 16.7 Å². The van der Waals surface area contributed by atoms with E-state index in [1.807, 2.05) is 73.9 Å². The van der Waals surface area contributed by atoms with Crippen molar-refractivity contribution in [3.05, 3.63) is 102 Å². The number of morpholine rings is 1. The number of aromatic nitrogens is 3. The molecular weight excluding hydrogens is 536 g/mol. The van der Waals surface area contributed by atoms with Gasteiger partial charge in [-0.25, -0.2) is 9.48 Å². The van der Waals surface area contributed by atoms with Crippen LogP contribution in [0.15, 0.2) is 85.2 Å². The van der Waals surface area contributed by atoms with E-state index in [0.29, 0.717) is 5.82 Å². The minimum absolute atomic E-state index is 0.217. The number of pyridine rings is 1. The van der Waals surface area contributed by atoms with Gasteiger partial charge in [0.1, 0.15) is 5.82 Å². The van der Waals surface area contributed by atoms with Crippen LogP contribution in [0.2, 0.25) is 0 Å². The first-order chi connectivity index (χ1) is 20.8. The molecule has 3 heterocycles. The predicted octanol–water partition coefficient (Wildman–Crippen LogP) is 7.17. The summed E-state index contributed by atoms with van der Waals surface area (Å²) in [4.78, 5) is 20.6. The number of aryl methyl sites for hydroxylation is 1. The number of fused-ring (bicyclic) bond motifs is 1. The Bertz CT molecular complexity index is 1730. The van der Waals surface area contributed by atoms with Crippen LogP contribution in [0.4, 0.5) is 16.3 Å². The Morgan fingerprint density at radius 1 is 0.884 bits per heavy atom. The third-order valence-corrected chi connectivity index (χ3v) is 7.89. The number of carbonyl (C=O) groups is 1. The first-order valence-corrected chi connectivity index (χ1v) is 14.8. The number of hydrogen-bond donors (Lipinski definition) is 2. The molecule has 8 heteroatoms. The third kappa shape index (κ3) is 6.30. The number of ether oxygens (including phenoxy) is 1. The molecule has 5 aromatic rings. The number of nitrogens with zero attached hydrogens (tertiary/aromatic N) is 4. The second-order valence-electron chi connectivity index (χ2n) is 12.1. The molecule has 6 rings (SSSR count). The number of hydrogen-bond acceptors (Lipinski definition) is 5. The highest BCUT2D eigenvalue weighted by molar-refractivity contribution is 6.09. The van der Waals surface area contributed by atoms with Gasteiger partial charge in [0, 0.05) is 42.3 Å². The Kier molecular flexibility index (Phi) is 7.97. The molecule has 0 radical (unpaired) electrons. The lowest BCUT2D eigenvalue weighted by molar-refractivity contribution is 0.0336. The Hall–Kier alpha value is -4.53. The fraction of sp³-hybridized carbons (Fsp3) is 0.286. The van der Waals surface area contributed by atoms with E-state index in [1.54, 1.807) is 4.68 Å². The Labute approximate surface area is 252 Å². The molecular formula is C35H38N6O2. The summed E-state index contributed by atoms with van der Waals surface area (Å²) in [6.45, 7) is 12.6. The molecule has 0 bridgehead atoms. The lowest BCUT2D eigenvalue weighted by atomic mass is 9.89. The molecule has 1 saturated heterocycles. The molecule has 0 atom stereocenters. The summed E-state index contributed by atoms with van der Waals surface area (Å²) >= 11 is 0. The largest absolute Gasteiger partial charge is 0.379 e. The Morgan fingerprint density at radius 3 is 2.33 bits per heavy atom. The molecule has 3 aromatic carbocycles. The van der Waals surface area contributed by atoms with E-state index in [9.17, 15) is 4.79 Å². The van der Waals surface area contributed by atoms with Crippen molar-refractivity contribution in [1.29, 1.82) is 0 Å². The number of amides is 2. The van der Waals surface area contributed by atoms with Crippen molar-refractivity contribution < 1.29 is 9.53 Å². The van der Waals surface area contributed by atoms with Crippen LogP contribution < -0.4 is 10.6 Å². The quantitative estimate of drug-likeness (QED) is 0.225. The molecule has 0 unspecified atom stereocenters. The molecule has 1 aliphatic heterocycles. The molecule has 8 nitrogen and oxygen atoms in total. The van der Waals surface area contributed by atoms with Crippen LogP contribution in [-0.4, -0.2) is 52.0 Å². The van der Waals surface area contributed by atoms with E-state index >= 15 is 0 Å². The van der Waals surface area contributed by atoms with Crippen LogP contribution in [0.25, 0.3) is 27.6 Å². The van der Waals surface area contributed by atoms with Gasteiger partial charge in [-0.1, -0.05) is 74.9 Å². The number of anilines is 2. The van der Waals surface area contributed by atoms with Gasteiger partial charge in [0.05, 0.1) is 36.5 Å². The maximum atomic E-state index is 13.5. The van der Waals surface area contributed by atoms with Gasteiger partial charge in [-0.05, 0) is 47.6 Å². The van der Waals surface area contributed by atoms with Crippen LogP contribution >= 0.6 is 0 Å². The van der Waals surface area contributed by atoms with E-state index in [4.69, 9.17) is 9.72 Å². The van der Waals surface area contributed by atoms with Crippen LogP contribution in [0, 0.1) is 6.92 Å². The summed E-state index contributed by atoms with van der Waals surface area (Å²) in [5, 5.41) is 12.8. The zero-order chi connectivity index (χ0) is 30.0. The van der Waals surface area contributed by atoms with Crippen molar-refractivity contribution in [3.8, 4) is 16.8 Å². The maximum Gasteiger partial charge on any atom is 0.324 e. The smallest absolute Gasteiger partial charge is 0.324 e. The van der Waals surface area contributed by atoms with E-state index in [-0.39, 0.29) is 11.4 Å². The van der Waals surface area contributed by atoms with Gasteiger partial charge in [0.15, 0.2) is 0 Å². The van der Waals surface area contributed by atoms with Crippen LogP contribution in [0.1, 0.15) is 37.6 Å². The number of nitrogens with one attached hydrogen (secondary N) is 2. The third-order valence-electron chi connectivity index (χ3n) is 7.89. The fourth-order valence-corrected chi connectivity index (χ4v) is 5.49. The number of benzene rings is 3. The van der Waals surface area contributed by atoms with Gasteiger partial charge in [-0.3, -0.25) is 15.2 Å². The zero-order valence-electron chi connectivity index (χ0n) is 25.2. The zero-order valence-corrected chi connectivity index (χ0v) is 25.2. The molecule has 220 valence electrons. The highest BCUT2D eigenvalue weighted by Crippen LogP contribution is 2.34. The van der Waals surface area contributed by atoms with E-state index < -0.39 is 0 Å². The first kappa shape index (κ1) is 28.6. The highest BCUT2D eigenvalue weighted by atomic mass is 16.5. The summed E-state index contributed by atoms with van der Waals surface area (Å²) in [6, 6.07) is 24.1. The standard InChI is InChI=1S/C35H38N6O2/c1-24-9-13-27(14-10-24)41-33(31(22-37-41)35(2,3)4)39-34(42)38-32-16-15-28(29-7-5-6-8-30(29)32)25-11-12-26(36-21-25)23-40-17-19-43-20-18-40/h5-16,21-22H,17-20,23H2,1-4H3,(H2,38,39,42). The molecule has 2 aromatic heterocycles. The molecule has 0 aliphatic carbocycles. The summed E-state index contributed by atoms with van der Waals surface area (Å²) < 4.78 is 7.25. The summed E-state index contributed by atoms with van der Waals surface area (Å²) in [7, 11) is 0. The SMILES string of the molecule is Cc1ccc(-n2ncc(C(C)(C)C)c2NC(=O)Nc2ccc(-c3ccc(CN4CCOCC4)nc3)c3ccccc23)cc1. The van der Waals surface area contributed by atoms with Gasteiger partial charge in [-0.15, -0.1) is 0 Å². The molecule has 2 amide bonds. The molecule has 1 fully saturated rings. The number of carbonyl (C=O) groups excluding carboxylic acids is 1. The van der Waals surface area contributed by atoms with E-state index in [2.05, 4.69) is 59.6 Å². The monoisotopic (exact) mass is 574 g/mol. The Morgan fingerprint density at radius 2 is 1.63 bits per heavy atom. The second-order valence-corrected chi connectivity index (χ2v) is 12.1. The van der Waals surface area contributed by atoms with E-state index in [1.165, 1.54) is 0 Å². The van der Waals surface area contributed by atoms with Gasteiger partial charge >= 0.3 is 6.03 Å². The Balaban J connectivity index is 1.25. The summed E-state index contributed by atoms with van der Waals surface area (Å²) in [6.07, 6.45) is 3.78. The molecule has 0 saturated carbocycles. The molecule has 1 aliphatic rings. The number of rotatable bonds is 6. The van der Waals surface area contributed by atoms with Crippen molar-refractivity contribution in [3.63, 3.8) is 0 Å².